The lowest BCUT2D eigenvalue weighted by molar-refractivity contribution is -0.121. The molecule has 0 saturated carbocycles. The van der Waals surface area contributed by atoms with E-state index in [1.165, 1.54) is 0 Å². The Morgan fingerprint density at radius 1 is 1.29 bits per heavy atom. The molecule has 0 aliphatic carbocycles. The molecule has 1 aromatic carbocycles. The van der Waals surface area contributed by atoms with Crippen molar-refractivity contribution in [2.45, 2.75) is 12.8 Å². The van der Waals surface area contributed by atoms with E-state index in [-0.39, 0.29) is 11.8 Å². The fourth-order valence-corrected chi connectivity index (χ4v) is 2.64. The molecule has 1 N–H and O–H groups in total. The Hall–Kier alpha value is -2.14. The molecular formula is C16H19N3O2. The molecule has 5 nitrogen and oxygen atoms in total. The zero-order chi connectivity index (χ0) is 14.7. The van der Waals surface area contributed by atoms with E-state index in [0.717, 1.165) is 37.1 Å². The molecule has 110 valence electrons. The van der Waals surface area contributed by atoms with E-state index in [4.69, 9.17) is 4.52 Å². The van der Waals surface area contributed by atoms with Gasteiger partial charge in [-0.25, -0.2) is 0 Å². The van der Waals surface area contributed by atoms with Gasteiger partial charge >= 0.3 is 0 Å². The van der Waals surface area contributed by atoms with Crippen LogP contribution in [0.1, 0.15) is 12.8 Å². The molecule has 1 amide bonds. The molecule has 0 spiro atoms. The van der Waals surface area contributed by atoms with E-state index in [1.54, 1.807) is 6.20 Å². The second-order valence-corrected chi connectivity index (χ2v) is 5.50. The molecule has 0 atom stereocenters. The van der Waals surface area contributed by atoms with E-state index in [2.05, 4.69) is 22.4 Å². The number of amides is 1. The highest BCUT2D eigenvalue weighted by atomic mass is 16.5. The monoisotopic (exact) mass is 285 g/mol. The van der Waals surface area contributed by atoms with Crippen molar-refractivity contribution in [3.05, 3.63) is 36.5 Å². The third-order valence-corrected chi connectivity index (χ3v) is 3.98. The fraction of sp³-hybridized carbons (Fsp3) is 0.375. The van der Waals surface area contributed by atoms with Gasteiger partial charge in [-0.05, 0) is 38.5 Å². The Kier molecular flexibility index (Phi) is 4.01. The lowest BCUT2D eigenvalue weighted by atomic mass is 9.96. The SMILES string of the molecule is CN1CCC(C(=O)Nc2oncc2-c2ccccc2)CC1. The maximum absolute atomic E-state index is 12.3. The molecule has 0 bridgehead atoms. The van der Waals surface area contributed by atoms with Gasteiger partial charge < -0.3 is 9.42 Å². The Bertz CT molecular complexity index is 601. The first-order chi connectivity index (χ1) is 10.2. The highest BCUT2D eigenvalue weighted by molar-refractivity contribution is 5.94. The molecule has 1 aliphatic rings. The van der Waals surface area contributed by atoms with E-state index in [9.17, 15) is 4.79 Å². The highest BCUT2D eigenvalue weighted by Crippen LogP contribution is 2.28. The number of hydrogen-bond donors (Lipinski definition) is 1. The quantitative estimate of drug-likeness (QED) is 0.941. The molecule has 2 heterocycles. The van der Waals surface area contributed by atoms with Gasteiger partial charge in [0.25, 0.3) is 0 Å². The first kappa shape index (κ1) is 13.8. The fourth-order valence-electron chi connectivity index (χ4n) is 2.64. The summed E-state index contributed by atoms with van der Waals surface area (Å²) in [6, 6.07) is 9.79. The molecule has 0 unspecified atom stereocenters. The second kappa shape index (κ2) is 6.10. The first-order valence-electron chi connectivity index (χ1n) is 7.23. The predicted molar refractivity (Wildman–Crippen MR) is 80.8 cm³/mol. The normalized spacial score (nSPS) is 16.8. The van der Waals surface area contributed by atoms with Crippen molar-refractivity contribution < 1.29 is 9.32 Å². The van der Waals surface area contributed by atoms with Crippen molar-refractivity contribution in [1.82, 2.24) is 10.1 Å². The van der Waals surface area contributed by atoms with Crippen molar-refractivity contribution in [2.75, 3.05) is 25.5 Å². The summed E-state index contributed by atoms with van der Waals surface area (Å²) in [7, 11) is 2.08. The van der Waals surface area contributed by atoms with Gasteiger partial charge in [0.1, 0.15) is 0 Å². The Morgan fingerprint density at radius 3 is 2.71 bits per heavy atom. The van der Waals surface area contributed by atoms with E-state index in [0.29, 0.717) is 5.88 Å². The summed E-state index contributed by atoms with van der Waals surface area (Å²) in [6.07, 6.45) is 3.41. The minimum absolute atomic E-state index is 0.0250. The zero-order valence-electron chi connectivity index (χ0n) is 12.1. The second-order valence-electron chi connectivity index (χ2n) is 5.50. The molecule has 21 heavy (non-hydrogen) atoms. The average Bonchev–Trinajstić information content (AvgIpc) is 2.97. The number of aromatic nitrogens is 1. The van der Waals surface area contributed by atoms with Crippen molar-refractivity contribution in [3.63, 3.8) is 0 Å². The van der Waals surface area contributed by atoms with Crippen molar-refractivity contribution >= 4 is 11.8 Å². The summed E-state index contributed by atoms with van der Waals surface area (Å²) >= 11 is 0. The standard InChI is InChI=1S/C16H19N3O2/c1-19-9-7-13(8-10-19)15(20)18-16-14(11-17-21-16)12-5-3-2-4-6-12/h2-6,11,13H,7-10H2,1H3,(H,18,20). The number of benzene rings is 1. The predicted octanol–water partition coefficient (Wildman–Crippen LogP) is 2.62. The smallest absolute Gasteiger partial charge is 0.239 e. The van der Waals surface area contributed by atoms with Gasteiger partial charge in [-0.1, -0.05) is 35.5 Å². The molecule has 1 fully saturated rings. The van der Waals surface area contributed by atoms with Gasteiger partial charge in [0, 0.05) is 5.92 Å². The minimum atomic E-state index is 0.0250. The molecule has 0 radical (unpaired) electrons. The van der Waals surface area contributed by atoms with Crippen LogP contribution in [0.4, 0.5) is 5.88 Å². The third kappa shape index (κ3) is 3.13. The van der Waals surface area contributed by atoms with Gasteiger partial charge in [0.15, 0.2) is 0 Å². The summed E-state index contributed by atoms with van der Waals surface area (Å²) in [6.45, 7) is 1.92. The van der Waals surface area contributed by atoms with Crippen LogP contribution in [0.3, 0.4) is 0 Å². The van der Waals surface area contributed by atoms with Crippen molar-refractivity contribution in [1.29, 1.82) is 0 Å². The van der Waals surface area contributed by atoms with E-state index < -0.39 is 0 Å². The zero-order valence-corrected chi connectivity index (χ0v) is 12.1. The Morgan fingerprint density at radius 2 is 2.00 bits per heavy atom. The van der Waals surface area contributed by atoms with Crippen LogP contribution in [0.5, 0.6) is 0 Å². The highest BCUT2D eigenvalue weighted by Gasteiger charge is 2.25. The van der Waals surface area contributed by atoms with Crippen LogP contribution in [0.15, 0.2) is 41.1 Å². The number of carbonyl (C=O) groups excluding carboxylic acids is 1. The number of rotatable bonds is 3. The summed E-state index contributed by atoms with van der Waals surface area (Å²) in [5.41, 5.74) is 1.80. The van der Waals surface area contributed by atoms with Gasteiger partial charge in [0.05, 0.1) is 11.8 Å². The third-order valence-electron chi connectivity index (χ3n) is 3.98. The average molecular weight is 285 g/mol. The summed E-state index contributed by atoms with van der Waals surface area (Å²) in [5.74, 6) is 0.511. The summed E-state index contributed by atoms with van der Waals surface area (Å²) in [4.78, 5) is 14.6. The number of carbonyl (C=O) groups is 1. The Labute approximate surface area is 123 Å². The number of nitrogens with zero attached hydrogens (tertiary/aromatic N) is 2. The van der Waals surface area contributed by atoms with Crippen molar-refractivity contribution in [3.8, 4) is 11.1 Å². The molecule has 1 aromatic heterocycles. The number of likely N-dealkylation sites (tertiary alicyclic amines) is 1. The van der Waals surface area contributed by atoms with Crippen LogP contribution in [-0.4, -0.2) is 36.1 Å². The minimum Gasteiger partial charge on any atom is -0.338 e. The van der Waals surface area contributed by atoms with Crippen LogP contribution in [0, 0.1) is 5.92 Å². The van der Waals surface area contributed by atoms with Crippen LogP contribution < -0.4 is 5.32 Å². The topological polar surface area (TPSA) is 58.4 Å². The van der Waals surface area contributed by atoms with Crippen LogP contribution in [-0.2, 0) is 4.79 Å². The molecule has 2 aromatic rings. The molecule has 5 heteroatoms. The summed E-state index contributed by atoms with van der Waals surface area (Å²) in [5, 5.41) is 6.70. The summed E-state index contributed by atoms with van der Waals surface area (Å²) < 4.78 is 5.21. The number of piperidine rings is 1. The molecule has 3 rings (SSSR count). The number of anilines is 1. The van der Waals surface area contributed by atoms with Gasteiger partial charge in [-0.2, -0.15) is 0 Å². The van der Waals surface area contributed by atoms with Crippen LogP contribution in [0.2, 0.25) is 0 Å². The molecule has 1 saturated heterocycles. The number of hydrogen-bond acceptors (Lipinski definition) is 4. The largest absolute Gasteiger partial charge is 0.338 e. The van der Waals surface area contributed by atoms with Gasteiger partial charge in [-0.3, -0.25) is 10.1 Å². The van der Waals surface area contributed by atoms with Crippen LogP contribution >= 0.6 is 0 Å². The van der Waals surface area contributed by atoms with Crippen LogP contribution in [0.25, 0.3) is 11.1 Å². The van der Waals surface area contributed by atoms with Gasteiger partial charge in [0.2, 0.25) is 11.8 Å². The van der Waals surface area contributed by atoms with Crippen molar-refractivity contribution in [2.24, 2.45) is 5.92 Å². The van der Waals surface area contributed by atoms with Gasteiger partial charge in [-0.15, -0.1) is 0 Å². The maximum Gasteiger partial charge on any atom is 0.239 e. The lowest BCUT2D eigenvalue weighted by Crippen LogP contribution is -2.35. The number of nitrogens with one attached hydrogen (secondary N) is 1. The maximum atomic E-state index is 12.3. The lowest BCUT2D eigenvalue weighted by Gasteiger charge is -2.27. The molecular weight excluding hydrogens is 266 g/mol. The van der Waals surface area contributed by atoms with E-state index >= 15 is 0 Å². The molecule has 1 aliphatic heterocycles. The first-order valence-corrected chi connectivity index (χ1v) is 7.23. The van der Waals surface area contributed by atoms with E-state index in [1.807, 2.05) is 30.3 Å². The Balaban J connectivity index is 1.71.